The summed E-state index contributed by atoms with van der Waals surface area (Å²) in [6.07, 6.45) is 2.39. The minimum Gasteiger partial charge on any atom is -0.338 e. The van der Waals surface area contributed by atoms with E-state index in [1.54, 1.807) is 0 Å². The third-order valence-electron chi connectivity index (χ3n) is 9.12. The second-order valence-electron chi connectivity index (χ2n) is 12.7. The van der Waals surface area contributed by atoms with Gasteiger partial charge in [-0.1, -0.05) is 120 Å². The second-order valence-corrected chi connectivity index (χ2v) is 12.7. The summed E-state index contributed by atoms with van der Waals surface area (Å²) >= 11 is 0. The van der Waals surface area contributed by atoms with E-state index >= 15 is 0 Å². The van der Waals surface area contributed by atoms with Gasteiger partial charge in [0.2, 0.25) is 0 Å². The maximum atomic E-state index is 4.57. The maximum Gasteiger partial charge on any atom is 0.0518 e. The Bertz CT molecular complexity index is 2140. The summed E-state index contributed by atoms with van der Waals surface area (Å²) in [5.74, 6) is 0. The molecule has 0 saturated heterocycles. The Balaban J connectivity index is 1.50. The van der Waals surface area contributed by atoms with Crippen molar-refractivity contribution in [3.05, 3.63) is 179 Å². The van der Waals surface area contributed by atoms with Crippen LogP contribution in [0, 0.1) is 27.7 Å². The van der Waals surface area contributed by atoms with E-state index in [-0.39, 0.29) is 0 Å². The van der Waals surface area contributed by atoms with Crippen molar-refractivity contribution in [2.24, 2.45) is 0 Å². The molecule has 0 aliphatic heterocycles. The molecule has 0 atom stereocenters. The molecule has 0 fully saturated rings. The number of aryl methyl sites for hydroxylation is 4. The number of rotatable bonds is 8. The van der Waals surface area contributed by atoms with Gasteiger partial charge in [-0.05, 0) is 109 Å². The van der Waals surface area contributed by atoms with Crippen molar-refractivity contribution in [2.75, 3.05) is 16.3 Å². The van der Waals surface area contributed by atoms with Crippen molar-refractivity contribution >= 4 is 56.6 Å². The highest BCUT2D eigenvalue weighted by atomic mass is 15.2. The lowest BCUT2D eigenvalue weighted by Crippen LogP contribution is -2.21. The Morgan fingerprint density at radius 3 is 1.38 bits per heavy atom. The van der Waals surface area contributed by atoms with Crippen LogP contribution in [0.5, 0.6) is 0 Å². The second kappa shape index (κ2) is 12.7. The first kappa shape index (κ1) is 30.1. The lowest BCUT2D eigenvalue weighted by molar-refractivity contribution is 1.09. The fraction of sp³-hybridized carbons (Fsp3) is 0.111. The molecule has 0 spiro atoms. The molecule has 0 unspecified atom stereocenters. The lowest BCUT2D eigenvalue weighted by Gasteiger charge is -2.31. The first-order chi connectivity index (χ1) is 22.9. The molecule has 230 valence electrons. The van der Waals surface area contributed by atoms with Gasteiger partial charge in [-0.3, -0.25) is 0 Å². The summed E-state index contributed by atoms with van der Waals surface area (Å²) in [4.78, 5) is 4.81. The fourth-order valence-electron chi connectivity index (χ4n) is 6.49. The van der Waals surface area contributed by atoms with Gasteiger partial charge in [0.1, 0.15) is 0 Å². The molecule has 0 heterocycles. The van der Waals surface area contributed by atoms with Gasteiger partial charge in [-0.2, -0.15) is 0 Å². The zero-order valence-corrected chi connectivity index (χ0v) is 27.7. The monoisotopic (exact) mass is 608 g/mol. The number of hydrogen-bond acceptors (Lipinski definition) is 2. The van der Waals surface area contributed by atoms with Gasteiger partial charge in [-0.25, -0.2) is 0 Å². The molecule has 0 radical (unpaired) electrons. The molecular formula is C45H40N2. The van der Waals surface area contributed by atoms with Gasteiger partial charge in [0.05, 0.1) is 5.70 Å². The van der Waals surface area contributed by atoms with Crippen LogP contribution in [0.15, 0.2) is 146 Å². The van der Waals surface area contributed by atoms with Gasteiger partial charge in [0.25, 0.3) is 0 Å². The van der Waals surface area contributed by atoms with Crippen molar-refractivity contribution in [1.29, 1.82) is 0 Å². The molecule has 7 rings (SSSR count). The van der Waals surface area contributed by atoms with E-state index in [9.17, 15) is 0 Å². The summed E-state index contributed by atoms with van der Waals surface area (Å²) in [5, 5.41) is 5.92. The van der Waals surface area contributed by atoms with Crippen LogP contribution in [0.3, 0.4) is 0 Å². The maximum absolute atomic E-state index is 4.57. The molecule has 0 bridgehead atoms. The number of benzene rings is 7. The van der Waals surface area contributed by atoms with Crippen molar-refractivity contribution in [1.82, 2.24) is 0 Å². The largest absolute Gasteiger partial charge is 0.338 e. The van der Waals surface area contributed by atoms with Crippen LogP contribution >= 0.6 is 0 Å². The minimum atomic E-state index is 0.664. The van der Waals surface area contributed by atoms with E-state index < -0.39 is 0 Å². The van der Waals surface area contributed by atoms with Crippen molar-refractivity contribution in [3.63, 3.8) is 0 Å². The third-order valence-corrected chi connectivity index (χ3v) is 9.12. The van der Waals surface area contributed by atoms with Gasteiger partial charge in [0.15, 0.2) is 0 Å². The molecular weight excluding hydrogens is 569 g/mol. The highest BCUT2D eigenvalue weighted by Crippen LogP contribution is 2.39. The molecule has 7 aromatic rings. The van der Waals surface area contributed by atoms with Crippen molar-refractivity contribution in [2.45, 2.75) is 27.7 Å². The van der Waals surface area contributed by atoms with Crippen LogP contribution in [0.4, 0.5) is 22.7 Å². The summed E-state index contributed by atoms with van der Waals surface area (Å²) in [6, 6.07) is 50.8. The summed E-state index contributed by atoms with van der Waals surface area (Å²) in [5.41, 5.74) is 11.8. The smallest absolute Gasteiger partial charge is 0.0518 e. The van der Waals surface area contributed by atoms with Gasteiger partial charge >= 0.3 is 0 Å². The number of anilines is 4. The fourth-order valence-corrected chi connectivity index (χ4v) is 6.49. The van der Waals surface area contributed by atoms with Crippen LogP contribution in [0.1, 0.15) is 27.8 Å². The summed E-state index contributed by atoms with van der Waals surface area (Å²) < 4.78 is 0. The van der Waals surface area contributed by atoms with E-state index in [2.05, 4.69) is 190 Å². The Kier molecular flexibility index (Phi) is 8.10. The van der Waals surface area contributed by atoms with E-state index in [4.69, 9.17) is 0 Å². The molecule has 0 aromatic heterocycles. The van der Waals surface area contributed by atoms with Crippen LogP contribution in [0.25, 0.3) is 33.8 Å². The topological polar surface area (TPSA) is 6.48 Å². The highest BCUT2D eigenvalue weighted by Gasteiger charge is 2.21. The summed E-state index contributed by atoms with van der Waals surface area (Å²) in [6.45, 7) is 13.8. The number of hydrogen-bond donors (Lipinski definition) is 0. The Morgan fingerprint density at radius 2 is 0.915 bits per heavy atom. The number of nitrogens with zero attached hydrogens (tertiary/aromatic N) is 2. The normalized spacial score (nSPS) is 11.7. The van der Waals surface area contributed by atoms with Gasteiger partial charge in [0, 0.05) is 34.9 Å². The van der Waals surface area contributed by atoms with Crippen LogP contribution in [0.2, 0.25) is 0 Å². The molecule has 2 heteroatoms. The average molecular weight is 609 g/mol. The predicted molar refractivity (Wildman–Crippen MR) is 204 cm³/mol. The third kappa shape index (κ3) is 6.03. The van der Waals surface area contributed by atoms with Crippen LogP contribution in [-0.2, 0) is 0 Å². The SMILES string of the molecule is C=c1ccc2cccc3ccc(/C(=C\CN(c4ccc(C)cc4)c4ccc(C)cc4)N(c4ccc(C)cc4)c4ccc(C)cc4)c1c32. The van der Waals surface area contributed by atoms with Gasteiger partial charge in [-0.15, -0.1) is 0 Å². The van der Waals surface area contributed by atoms with Crippen molar-refractivity contribution < 1.29 is 0 Å². The molecule has 0 N–H and O–H groups in total. The molecule has 0 aliphatic rings. The van der Waals surface area contributed by atoms with Gasteiger partial charge < -0.3 is 9.80 Å². The summed E-state index contributed by atoms with van der Waals surface area (Å²) in [7, 11) is 0. The van der Waals surface area contributed by atoms with E-state index in [1.165, 1.54) is 43.8 Å². The van der Waals surface area contributed by atoms with E-state index in [0.29, 0.717) is 6.54 Å². The quantitative estimate of drug-likeness (QED) is 0.169. The first-order valence-corrected chi connectivity index (χ1v) is 16.3. The van der Waals surface area contributed by atoms with Crippen molar-refractivity contribution in [3.8, 4) is 0 Å². The minimum absolute atomic E-state index is 0.664. The molecule has 7 aromatic carbocycles. The predicted octanol–water partition coefficient (Wildman–Crippen LogP) is 11.4. The zero-order chi connectivity index (χ0) is 32.5. The molecule has 47 heavy (non-hydrogen) atoms. The van der Waals surface area contributed by atoms with Crippen LogP contribution < -0.4 is 15.0 Å². The van der Waals surface area contributed by atoms with E-state index in [1.807, 2.05) is 0 Å². The Hall–Kier alpha value is -5.60. The first-order valence-electron chi connectivity index (χ1n) is 16.3. The Labute approximate surface area is 278 Å². The molecule has 0 saturated carbocycles. The van der Waals surface area contributed by atoms with E-state index in [0.717, 1.165) is 39.2 Å². The zero-order valence-electron chi connectivity index (χ0n) is 27.7. The molecule has 0 aliphatic carbocycles. The highest BCUT2D eigenvalue weighted by molar-refractivity contribution is 6.14. The standard InChI is InChI=1S/C45H40N2/c1-31-9-20-38(21-10-31)46(39-22-11-32(2)12-23-39)30-29-43(42-28-19-37-8-6-7-36-18-17-35(5)44(42)45(36)37)47(40-24-13-33(3)14-25-40)41-26-15-34(4)16-27-41/h6-29H,5,30H2,1-4H3/b43-29+. The lowest BCUT2D eigenvalue weighted by atomic mass is 9.93. The molecule has 0 amide bonds. The van der Waals surface area contributed by atoms with Crippen LogP contribution in [-0.4, -0.2) is 6.54 Å². The Morgan fingerprint density at radius 1 is 0.489 bits per heavy atom. The molecule has 2 nitrogen and oxygen atoms in total. The average Bonchev–Trinajstić information content (AvgIpc) is 3.09.